The minimum atomic E-state index is -0.974. The number of ether oxygens (including phenoxy) is 1. The fraction of sp³-hybridized carbons (Fsp3) is 0.250. The summed E-state index contributed by atoms with van der Waals surface area (Å²) in [5.41, 5.74) is 0.722. The van der Waals surface area contributed by atoms with Gasteiger partial charge in [0.1, 0.15) is 22.3 Å². The fourth-order valence-electron chi connectivity index (χ4n) is 3.57. The summed E-state index contributed by atoms with van der Waals surface area (Å²) in [4.78, 5) is 27.2. The number of benzene rings is 2. The number of carbonyl (C=O) groups is 2. The monoisotopic (exact) mass is 467 g/mol. The zero-order chi connectivity index (χ0) is 23.5. The van der Waals surface area contributed by atoms with Crippen LogP contribution in [-0.4, -0.2) is 33.6 Å². The van der Waals surface area contributed by atoms with Crippen molar-refractivity contribution in [1.82, 2.24) is 10.2 Å². The van der Waals surface area contributed by atoms with Gasteiger partial charge in [0.15, 0.2) is 0 Å². The van der Waals surface area contributed by atoms with E-state index < -0.39 is 23.5 Å². The van der Waals surface area contributed by atoms with Crippen LogP contribution in [0.25, 0.3) is 5.76 Å². The molecule has 0 radical (unpaired) electrons. The Bertz CT molecular complexity index is 1210. The number of ketones is 1. The molecule has 1 N–H and O–H groups in total. The molecule has 170 valence electrons. The lowest BCUT2D eigenvalue weighted by Crippen LogP contribution is -2.29. The standard InChI is InChI=1S/C24H22FN3O4S/c1-3-4-13-32-18-11-7-16(8-12-18)21(29)19-20(15-5-9-17(25)10-6-15)28(23(31)22(19)30)24-27-26-14(2)33-24/h5-12,20,29H,3-4,13H2,1-2H3/b21-19-. The Morgan fingerprint density at radius 1 is 1.12 bits per heavy atom. The molecular formula is C24H22FN3O4S. The first-order valence-electron chi connectivity index (χ1n) is 10.5. The number of rotatable bonds is 7. The number of halogens is 1. The van der Waals surface area contributed by atoms with Crippen LogP contribution in [0.15, 0.2) is 54.1 Å². The van der Waals surface area contributed by atoms with Crippen molar-refractivity contribution in [2.45, 2.75) is 32.7 Å². The Balaban J connectivity index is 1.78. The number of unbranched alkanes of at least 4 members (excludes halogenated alkanes) is 1. The second-order valence-electron chi connectivity index (χ2n) is 7.55. The van der Waals surface area contributed by atoms with Gasteiger partial charge in [-0.2, -0.15) is 0 Å². The maximum atomic E-state index is 13.6. The molecule has 1 aliphatic heterocycles. The van der Waals surface area contributed by atoms with Crippen LogP contribution >= 0.6 is 11.3 Å². The van der Waals surface area contributed by atoms with Crippen LogP contribution < -0.4 is 9.64 Å². The highest BCUT2D eigenvalue weighted by atomic mass is 32.1. The average Bonchev–Trinajstić information content (AvgIpc) is 3.35. The Kier molecular flexibility index (Phi) is 6.50. The number of Topliss-reactive ketones (excluding diaryl/α,β-unsaturated/α-hetero) is 1. The summed E-state index contributed by atoms with van der Waals surface area (Å²) in [6.45, 7) is 4.38. The minimum Gasteiger partial charge on any atom is -0.507 e. The average molecular weight is 468 g/mol. The van der Waals surface area contributed by atoms with Gasteiger partial charge in [-0.3, -0.25) is 14.5 Å². The van der Waals surface area contributed by atoms with Gasteiger partial charge in [-0.05, 0) is 55.3 Å². The van der Waals surface area contributed by atoms with Crippen LogP contribution in [0.4, 0.5) is 9.52 Å². The Hall–Kier alpha value is -3.59. The van der Waals surface area contributed by atoms with Crippen LogP contribution in [0, 0.1) is 12.7 Å². The van der Waals surface area contributed by atoms with Crippen molar-refractivity contribution in [3.05, 3.63) is 76.1 Å². The number of aliphatic hydroxyl groups excluding tert-OH is 1. The van der Waals surface area contributed by atoms with E-state index in [1.165, 1.54) is 29.2 Å². The normalized spacial score (nSPS) is 17.5. The Morgan fingerprint density at radius 3 is 2.42 bits per heavy atom. The summed E-state index contributed by atoms with van der Waals surface area (Å²) in [5, 5.41) is 19.9. The summed E-state index contributed by atoms with van der Waals surface area (Å²) in [5.74, 6) is -1.83. The zero-order valence-corrected chi connectivity index (χ0v) is 18.9. The van der Waals surface area contributed by atoms with Gasteiger partial charge in [0.05, 0.1) is 18.2 Å². The molecule has 0 aliphatic carbocycles. The third-order valence-corrected chi connectivity index (χ3v) is 6.08. The summed E-state index contributed by atoms with van der Waals surface area (Å²) in [6, 6.07) is 11.1. The van der Waals surface area contributed by atoms with Crippen molar-refractivity contribution < 1.29 is 23.8 Å². The predicted octanol–water partition coefficient (Wildman–Crippen LogP) is 4.79. The van der Waals surface area contributed by atoms with Crippen LogP contribution in [0.3, 0.4) is 0 Å². The first kappa shape index (κ1) is 22.6. The van der Waals surface area contributed by atoms with E-state index in [0.29, 0.717) is 28.5 Å². The predicted molar refractivity (Wildman–Crippen MR) is 123 cm³/mol. The number of amides is 1. The van der Waals surface area contributed by atoms with Gasteiger partial charge in [0, 0.05) is 5.56 Å². The van der Waals surface area contributed by atoms with Crippen LogP contribution in [0.2, 0.25) is 0 Å². The maximum absolute atomic E-state index is 13.6. The third-order valence-electron chi connectivity index (χ3n) is 5.25. The molecule has 4 rings (SSSR count). The van der Waals surface area contributed by atoms with E-state index in [1.807, 2.05) is 0 Å². The molecule has 1 fully saturated rings. The number of aromatic nitrogens is 2. The molecule has 1 unspecified atom stereocenters. The minimum absolute atomic E-state index is 0.0980. The van der Waals surface area contributed by atoms with Gasteiger partial charge < -0.3 is 9.84 Å². The smallest absolute Gasteiger partial charge is 0.301 e. The highest BCUT2D eigenvalue weighted by Crippen LogP contribution is 2.43. The molecule has 0 bridgehead atoms. The molecule has 1 aliphatic rings. The molecule has 1 amide bonds. The number of anilines is 1. The lowest BCUT2D eigenvalue weighted by Gasteiger charge is -2.22. The van der Waals surface area contributed by atoms with Gasteiger partial charge in [0.25, 0.3) is 5.78 Å². The number of carbonyl (C=O) groups excluding carboxylic acids is 2. The van der Waals surface area contributed by atoms with Crippen molar-refractivity contribution >= 4 is 33.9 Å². The largest absolute Gasteiger partial charge is 0.507 e. The third kappa shape index (κ3) is 4.49. The molecule has 2 aromatic carbocycles. The molecule has 0 spiro atoms. The van der Waals surface area contributed by atoms with Gasteiger partial charge >= 0.3 is 5.91 Å². The molecule has 1 atom stereocenters. The van der Waals surface area contributed by atoms with Crippen LogP contribution in [0.5, 0.6) is 5.75 Å². The van der Waals surface area contributed by atoms with E-state index >= 15 is 0 Å². The summed E-state index contributed by atoms with van der Waals surface area (Å²) >= 11 is 1.15. The lowest BCUT2D eigenvalue weighted by molar-refractivity contribution is -0.132. The highest BCUT2D eigenvalue weighted by molar-refractivity contribution is 7.15. The van der Waals surface area contributed by atoms with Crippen molar-refractivity contribution in [3.8, 4) is 5.75 Å². The number of hydrogen-bond acceptors (Lipinski definition) is 7. The van der Waals surface area contributed by atoms with E-state index in [1.54, 1.807) is 31.2 Å². The molecule has 3 aromatic rings. The first-order valence-corrected chi connectivity index (χ1v) is 11.3. The van der Waals surface area contributed by atoms with E-state index in [9.17, 15) is 19.1 Å². The van der Waals surface area contributed by atoms with Crippen LogP contribution in [-0.2, 0) is 9.59 Å². The van der Waals surface area contributed by atoms with E-state index in [-0.39, 0.29) is 16.5 Å². The molecular weight excluding hydrogens is 445 g/mol. The van der Waals surface area contributed by atoms with E-state index in [2.05, 4.69) is 17.1 Å². The first-order chi connectivity index (χ1) is 15.9. The second kappa shape index (κ2) is 9.50. The summed E-state index contributed by atoms with van der Waals surface area (Å²) in [7, 11) is 0. The van der Waals surface area contributed by atoms with E-state index in [4.69, 9.17) is 4.74 Å². The van der Waals surface area contributed by atoms with Crippen LogP contribution in [0.1, 0.15) is 41.9 Å². The molecule has 2 heterocycles. The Labute approximate surface area is 194 Å². The summed E-state index contributed by atoms with van der Waals surface area (Å²) < 4.78 is 19.2. The van der Waals surface area contributed by atoms with Crippen molar-refractivity contribution in [1.29, 1.82) is 0 Å². The molecule has 1 saturated heterocycles. The van der Waals surface area contributed by atoms with Crippen molar-refractivity contribution in [3.63, 3.8) is 0 Å². The quantitative estimate of drug-likeness (QED) is 0.232. The topological polar surface area (TPSA) is 92.6 Å². The van der Waals surface area contributed by atoms with Gasteiger partial charge in [-0.1, -0.05) is 36.8 Å². The Morgan fingerprint density at radius 2 is 1.82 bits per heavy atom. The maximum Gasteiger partial charge on any atom is 0.301 e. The number of hydrogen-bond donors (Lipinski definition) is 1. The zero-order valence-electron chi connectivity index (χ0n) is 18.1. The number of aliphatic hydroxyl groups is 1. The molecule has 33 heavy (non-hydrogen) atoms. The molecule has 1 aromatic heterocycles. The highest BCUT2D eigenvalue weighted by Gasteiger charge is 2.48. The van der Waals surface area contributed by atoms with Gasteiger partial charge in [-0.25, -0.2) is 4.39 Å². The number of aryl methyl sites for hydroxylation is 1. The molecule has 7 nitrogen and oxygen atoms in total. The van der Waals surface area contributed by atoms with Gasteiger partial charge in [0.2, 0.25) is 5.13 Å². The summed E-state index contributed by atoms with van der Waals surface area (Å²) in [6.07, 6.45) is 1.93. The molecule has 9 heteroatoms. The lowest BCUT2D eigenvalue weighted by atomic mass is 9.95. The number of nitrogens with zero attached hydrogens (tertiary/aromatic N) is 3. The van der Waals surface area contributed by atoms with Gasteiger partial charge in [-0.15, -0.1) is 10.2 Å². The van der Waals surface area contributed by atoms with Crippen molar-refractivity contribution in [2.75, 3.05) is 11.5 Å². The molecule has 0 saturated carbocycles. The van der Waals surface area contributed by atoms with E-state index in [0.717, 1.165) is 24.2 Å². The SMILES string of the molecule is CCCCOc1ccc(/C(O)=C2/C(=O)C(=O)N(c3nnc(C)s3)C2c2ccc(F)cc2)cc1. The van der Waals surface area contributed by atoms with Crippen molar-refractivity contribution in [2.24, 2.45) is 0 Å². The fourth-order valence-corrected chi connectivity index (χ4v) is 4.29. The second-order valence-corrected chi connectivity index (χ2v) is 8.71.